The molecule has 0 spiro atoms. The zero-order chi connectivity index (χ0) is 17.5. The third kappa shape index (κ3) is 5.06. The van der Waals surface area contributed by atoms with Crippen LogP contribution in [0.5, 0.6) is 11.5 Å². The van der Waals surface area contributed by atoms with Crippen LogP contribution in [0.4, 0.5) is 0 Å². The van der Waals surface area contributed by atoms with Crippen molar-refractivity contribution in [3.05, 3.63) is 23.8 Å². The summed E-state index contributed by atoms with van der Waals surface area (Å²) >= 11 is 0. The zero-order valence-electron chi connectivity index (χ0n) is 13.8. The fraction of sp³-hybridized carbons (Fsp3) is 0.647. The van der Waals surface area contributed by atoms with Crippen molar-refractivity contribution in [1.82, 2.24) is 0 Å². The van der Waals surface area contributed by atoms with Crippen molar-refractivity contribution in [3.63, 3.8) is 0 Å². The van der Waals surface area contributed by atoms with E-state index in [1.165, 1.54) is 7.11 Å². The maximum atomic E-state index is 9.85. The molecule has 1 saturated heterocycles. The summed E-state index contributed by atoms with van der Waals surface area (Å²) in [6, 6.07) is 5.24. The van der Waals surface area contributed by atoms with Crippen LogP contribution in [-0.4, -0.2) is 65.4 Å². The van der Waals surface area contributed by atoms with Crippen molar-refractivity contribution >= 4 is 0 Å². The quantitative estimate of drug-likeness (QED) is 0.511. The Labute approximate surface area is 141 Å². The first kappa shape index (κ1) is 19.0. The topological polar surface area (TPSA) is 109 Å². The molecular formula is C17H26O7. The summed E-state index contributed by atoms with van der Waals surface area (Å²) in [6.07, 6.45) is -0.897. The standard InChI is InChI=1S/C17H26O7/c1-22-15-8-11(5-6-13(15)19)4-2-3-7-23-17-16(21)14(20)9-12(10-18)24-17/h5-6,8,12,14,16-21H,2-4,7,9-10H2,1H3/t12-,14-,16+,17+/m0/s1. The third-order valence-electron chi connectivity index (χ3n) is 4.09. The van der Waals surface area contributed by atoms with Crippen LogP contribution in [0.2, 0.25) is 0 Å². The molecule has 7 nitrogen and oxygen atoms in total. The van der Waals surface area contributed by atoms with Crippen LogP contribution in [0.3, 0.4) is 0 Å². The zero-order valence-corrected chi connectivity index (χ0v) is 13.8. The van der Waals surface area contributed by atoms with Crippen LogP contribution < -0.4 is 4.74 Å². The molecular weight excluding hydrogens is 316 g/mol. The average molecular weight is 342 g/mol. The second kappa shape index (κ2) is 9.19. The van der Waals surface area contributed by atoms with Crippen molar-refractivity contribution in [3.8, 4) is 11.5 Å². The highest BCUT2D eigenvalue weighted by Crippen LogP contribution is 2.27. The lowest BCUT2D eigenvalue weighted by atomic mass is 10.0. The SMILES string of the molecule is COc1cc(CCCCO[C@@H]2O[C@H](CO)C[C@H](O)[C@H]2O)ccc1O. The Morgan fingerprint density at radius 2 is 2.04 bits per heavy atom. The highest BCUT2D eigenvalue weighted by Gasteiger charge is 2.36. The van der Waals surface area contributed by atoms with Gasteiger partial charge in [0, 0.05) is 13.0 Å². The van der Waals surface area contributed by atoms with Gasteiger partial charge in [-0.05, 0) is 37.0 Å². The molecule has 0 saturated carbocycles. The van der Waals surface area contributed by atoms with Gasteiger partial charge in [-0.2, -0.15) is 0 Å². The van der Waals surface area contributed by atoms with Crippen molar-refractivity contribution in [2.75, 3.05) is 20.3 Å². The van der Waals surface area contributed by atoms with E-state index in [1.807, 2.05) is 6.07 Å². The Balaban J connectivity index is 1.71. The van der Waals surface area contributed by atoms with Crippen molar-refractivity contribution < 1.29 is 34.6 Å². The molecule has 1 aliphatic rings. The van der Waals surface area contributed by atoms with E-state index in [0.29, 0.717) is 12.4 Å². The van der Waals surface area contributed by atoms with E-state index in [0.717, 1.165) is 24.8 Å². The Morgan fingerprint density at radius 3 is 2.75 bits per heavy atom. The maximum Gasteiger partial charge on any atom is 0.186 e. The minimum atomic E-state index is -1.10. The van der Waals surface area contributed by atoms with Crippen LogP contribution in [0.1, 0.15) is 24.8 Å². The van der Waals surface area contributed by atoms with Crippen LogP contribution >= 0.6 is 0 Å². The largest absolute Gasteiger partial charge is 0.504 e. The fourth-order valence-electron chi connectivity index (χ4n) is 2.68. The maximum absolute atomic E-state index is 9.85. The van der Waals surface area contributed by atoms with Crippen LogP contribution in [0, 0.1) is 0 Å². The highest BCUT2D eigenvalue weighted by atomic mass is 16.7. The number of hydrogen-bond donors (Lipinski definition) is 4. The summed E-state index contributed by atoms with van der Waals surface area (Å²) < 4.78 is 16.0. The molecule has 1 fully saturated rings. The van der Waals surface area contributed by atoms with E-state index in [9.17, 15) is 15.3 Å². The van der Waals surface area contributed by atoms with Crippen LogP contribution in [0.25, 0.3) is 0 Å². The molecule has 0 aliphatic carbocycles. The van der Waals surface area contributed by atoms with Gasteiger partial charge in [-0.25, -0.2) is 0 Å². The molecule has 0 unspecified atom stereocenters. The summed E-state index contributed by atoms with van der Waals surface area (Å²) in [5.74, 6) is 0.566. The number of phenols is 1. The second-order valence-electron chi connectivity index (χ2n) is 5.94. The molecule has 1 heterocycles. The van der Waals surface area contributed by atoms with E-state index in [4.69, 9.17) is 19.3 Å². The molecule has 4 N–H and O–H groups in total. The number of methoxy groups -OCH3 is 1. The Hall–Kier alpha value is -1.38. The number of phenolic OH excluding ortho intramolecular Hbond substituents is 1. The normalized spacial score (nSPS) is 27.2. The second-order valence-corrected chi connectivity index (χ2v) is 5.94. The number of benzene rings is 1. The summed E-state index contributed by atoms with van der Waals surface area (Å²) in [4.78, 5) is 0. The first-order valence-electron chi connectivity index (χ1n) is 8.15. The number of rotatable bonds is 8. The number of aliphatic hydroxyl groups is 3. The number of hydrogen-bond acceptors (Lipinski definition) is 7. The first-order valence-corrected chi connectivity index (χ1v) is 8.15. The molecule has 7 heteroatoms. The molecule has 0 radical (unpaired) electrons. The van der Waals surface area contributed by atoms with Gasteiger partial charge in [-0.3, -0.25) is 0 Å². The highest BCUT2D eigenvalue weighted by molar-refractivity contribution is 5.41. The van der Waals surface area contributed by atoms with E-state index in [2.05, 4.69) is 0 Å². The molecule has 1 aliphatic heterocycles. The first-order chi connectivity index (χ1) is 11.5. The molecule has 1 aromatic carbocycles. The van der Waals surface area contributed by atoms with Crippen molar-refractivity contribution in [1.29, 1.82) is 0 Å². The fourth-order valence-corrected chi connectivity index (χ4v) is 2.68. The molecule has 136 valence electrons. The number of aryl methyl sites for hydroxylation is 1. The monoisotopic (exact) mass is 342 g/mol. The van der Waals surface area contributed by atoms with Crippen LogP contribution in [0.15, 0.2) is 18.2 Å². The average Bonchev–Trinajstić information content (AvgIpc) is 2.59. The molecule has 24 heavy (non-hydrogen) atoms. The molecule has 0 bridgehead atoms. The lowest BCUT2D eigenvalue weighted by Gasteiger charge is -2.36. The Kier molecular flexibility index (Phi) is 7.26. The predicted molar refractivity (Wildman–Crippen MR) is 85.9 cm³/mol. The van der Waals surface area contributed by atoms with Gasteiger partial charge in [0.1, 0.15) is 6.10 Å². The number of unbranched alkanes of at least 4 members (excludes halogenated alkanes) is 1. The van der Waals surface area contributed by atoms with Crippen LogP contribution in [-0.2, 0) is 15.9 Å². The van der Waals surface area contributed by atoms with Gasteiger partial charge in [0.25, 0.3) is 0 Å². The molecule has 2 rings (SSSR count). The Morgan fingerprint density at radius 1 is 1.25 bits per heavy atom. The number of aromatic hydroxyl groups is 1. The summed E-state index contributed by atoms with van der Waals surface area (Å²) in [5.41, 5.74) is 1.05. The predicted octanol–water partition coefficient (Wildman–Crippen LogP) is 0.569. The van der Waals surface area contributed by atoms with Crippen molar-refractivity contribution in [2.45, 2.75) is 50.3 Å². The van der Waals surface area contributed by atoms with Gasteiger partial charge >= 0.3 is 0 Å². The summed E-state index contributed by atoms with van der Waals surface area (Å²) in [6.45, 7) is 0.161. The van der Waals surface area contributed by atoms with E-state index in [1.54, 1.807) is 12.1 Å². The molecule has 0 amide bonds. The van der Waals surface area contributed by atoms with Gasteiger partial charge in [0.2, 0.25) is 0 Å². The minimum Gasteiger partial charge on any atom is -0.504 e. The summed E-state index contributed by atoms with van der Waals surface area (Å²) in [5, 5.41) is 38.2. The number of aliphatic hydroxyl groups excluding tert-OH is 3. The van der Waals surface area contributed by atoms with Gasteiger partial charge in [-0.15, -0.1) is 0 Å². The van der Waals surface area contributed by atoms with Gasteiger partial charge in [-0.1, -0.05) is 6.07 Å². The molecule has 0 aromatic heterocycles. The van der Waals surface area contributed by atoms with E-state index in [-0.39, 0.29) is 18.8 Å². The third-order valence-corrected chi connectivity index (χ3v) is 4.09. The van der Waals surface area contributed by atoms with E-state index >= 15 is 0 Å². The van der Waals surface area contributed by atoms with E-state index < -0.39 is 24.6 Å². The Bertz CT molecular complexity index is 508. The van der Waals surface area contributed by atoms with Gasteiger partial charge < -0.3 is 34.6 Å². The summed E-state index contributed by atoms with van der Waals surface area (Å²) in [7, 11) is 1.51. The lowest BCUT2D eigenvalue weighted by Crippen LogP contribution is -2.50. The van der Waals surface area contributed by atoms with Gasteiger partial charge in [0.15, 0.2) is 17.8 Å². The lowest BCUT2D eigenvalue weighted by molar-refractivity contribution is -0.271. The molecule has 4 atom stereocenters. The minimum absolute atomic E-state index is 0.116. The number of ether oxygens (including phenoxy) is 3. The van der Waals surface area contributed by atoms with Crippen molar-refractivity contribution in [2.24, 2.45) is 0 Å². The smallest absolute Gasteiger partial charge is 0.186 e. The molecule has 1 aromatic rings. The van der Waals surface area contributed by atoms with Gasteiger partial charge in [0.05, 0.1) is 25.9 Å².